The van der Waals surface area contributed by atoms with Crippen LogP contribution in [0, 0.1) is 11.8 Å². The normalized spacial score (nSPS) is 19.4. The monoisotopic (exact) mass is 468 g/mol. The second-order valence-electron chi connectivity index (χ2n) is 8.27. The molecule has 0 aliphatic carbocycles. The van der Waals surface area contributed by atoms with E-state index in [1.807, 2.05) is 11.2 Å². The summed E-state index contributed by atoms with van der Waals surface area (Å²) in [5.74, 6) is -0.0147. The number of nitrogens with zero attached hydrogens (tertiary/aromatic N) is 2. The summed E-state index contributed by atoms with van der Waals surface area (Å²) in [6.45, 7) is 6.21. The lowest BCUT2D eigenvalue weighted by molar-refractivity contribution is -0.149. The molecular weight excluding hydrogens is 436 g/mol. The first-order chi connectivity index (χ1) is 14.8. The predicted molar refractivity (Wildman–Crippen MR) is 121 cm³/mol. The number of hydrogen-bond donors (Lipinski definition) is 0. The van der Waals surface area contributed by atoms with Crippen molar-refractivity contribution in [2.24, 2.45) is 11.8 Å². The fourth-order valence-corrected chi connectivity index (χ4v) is 6.20. The SMILES string of the molecule is CCOC(=O)C1CCN(S(=O)(=O)c2ccc(SC)c(C(=O)N3CCC(C)CC3)c2)CC1. The van der Waals surface area contributed by atoms with Crippen LogP contribution in [-0.4, -0.2) is 68.5 Å². The number of carbonyl (C=O) groups is 2. The van der Waals surface area contributed by atoms with Crippen molar-refractivity contribution in [3.8, 4) is 0 Å². The number of likely N-dealkylation sites (tertiary alicyclic amines) is 1. The van der Waals surface area contributed by atoms with Gasteiger partial charge in [0.25, 0.3) is 5.91 Å². The number of esters is 1. The summed E-state index contributed by atoms with van der Waals surface area (Å²) in [5.41, 5.74) is 0.449. The van der Waals surface area contributed by atoms with Gasteiger partial charge in [0, 0.05) is 31.1 Å². The topological polar surface area (TPSA) is 84.0 Å². The molecule has 1 aromatic rings. The Morgan fingerprint density at radius 2 is 1.74 bits per heavy atom. The second-order valence-corrected chi connectivity index (χ2v) is 11.1. The number of rotatable bonds is 6. The Morgan fingerprint density at radius 1 is 1.10 bits per heavy atom. The first-order valence-electron chi connectivity index (χ1n) is 10.9. The molecule has 1 aromatic carbocycles. The van der Waals surface area contributed by atoms with Crippen LogP contribution in [0.4, 0.5) is 0 Å². The largest absolute Gasteiger partial charge is 0.466 e. The van der Waals surface area contributed by atoms with E-state index in [1.165, 1.54) is 22.1 Å². The van der Waals surface area contributed by atoms with Gasteiger partial charge in [-0.2, -0.15) is 4.31 Å². The molecule has 31 heavy (non-hydrogen) atoms. The van der Waals surface area contributed by atoms with Crippen LogP contribution in [-0.2, 0) is 19.6 Å². The molecule has 2 fully saturated rings. The molecule has 2 heterocycles. The average Bonchev–Trinajstić information content (AvgIpc) is 2.79. The number of sulfonamides is 1. The molecule has 0 bridgehead atoms. The molecule has 0 atom stereocenters. The van der Waals surface area contributed by atoms with E-state index < -0.39 is 10.0 Å². The van der Waals surface area contributed by atoms with E-state index in [0.717, 1.165) is 17.7 Å². The molecule has 0 spiro atoms. The molecule has 0 unspecified atom stereocenters. The lowest BCUT2D eigenvalue weighted by Gasteiger charge is -2.31. The van der Waals surface area contributed by atoms with Crippen LogP contribution in [0.3, 0.4) is 0 Å². The minimum Gasteiger partial charge on any atom is -0.466 e. The molecule has 0 aromatic heterocycles. The van der Waals surface area contributed by atoms with E-state index in [9.17, 15) is 18.0 Å². The minimum atomic E-state index is -3.74. The molecule has 0 radical (unpaired) electrons. The van der Waals surface area contributed by atoms with E-state index in [-0.39, 0.29) is 35.8 Å². The molecule has 2 aliphatic rings. The summed E-state index contributed by atoms with van der Waals surface area (Å²) in [7, 11) is -3.74. The Morgan fingerprint density at radius 3 is 2.32 bits per heavy atom. The van der Waals surface area contributed by atoms with E-state index in [4.69, 9.17) is 4.74 Å². The van der Waals surface area contributed by atoms with Gasteiger partial charge in [0.15, 0.2) is 0 Å². The Labute approximate surface area is 189 Å². The van der Waals surface area contributed by atoms with Crippen LogP contribution in [0.25, 0.3) is 0 Å². The van der Waals surface area contributed by atoms with E-state index in [1.54, 1.807) is 19.1 Å². The van der Waals surface area contributed by atoms with E-state index >= 15 is 0 Å². The standard InChI is InChI=1S/C22H32N2O5S2/c1-4-29-22(26)17-9-13-24(14-10-17)31(27,28)18-5-6-20(30-3)19(15-18)21(25)23-11-7-16(2)8-12-23/h5-6,15-17H,4,7-14H2,1-3H3. The van der Waals surface area contributed by atoms with Crippen molar-refractivity contribution in [3.05, 3.63) is 23.8 Å². The van der Waals surface area contributed by atoms with Crippen LogP contribution in [0.5, 0.6) is 0 Å². The molecule has 0 saturated carbocycles. The Kier molecular flexibility index (Phi) is 8.04. The summed E-state index contributed by atoms with van der Waals surface area (Å²) in [6.07, 6.45) is 4.71. The maximum absolute atomic E-state index is 13.3. The Hall–Kier alpha value is -1.58. The number of hydrogen-bond acceptors (Lipinski definition) is 6. The first-order valence-corrected chi connectivity index (χ1v) is 13.6. The van der Waals surface area contributed by atoms with Gasteiger partial charge in [-0.05, 0) is 63.0 Å². The van der Waals surface area contributed by atoms with Gasteiger partial charge in [-0.25, -0.2) is 8.42 Å². The van der Waals surface area contributed by atoms with Crippen LogP contribution in [0.1, 0.15) is 49.9 Å². The van der Waals surface area contributed by atoms with Crippen molar-refractivity contribution in [1.82, 2.24) is 9.21 Å². The smallest absolute Gasteiger partial charge is 0.309 e. The van der Waals surface area contributed by atoms with Crippen LogP contribution in [0.2, 0.25) is 0 Å². The van der Waals surface area contributed by atoms with E-state index in [0.29, 0.717) is 44.0 Å². The van der Waals surface area contributed by atoms with Crippen molar-refractivity contribution in [3.63, 3.8) is 0 Å². The number of amides is 1. The van der Waals surface area contributed by atoms with Gasteiger partial charge in [0.1, 0.15) is 0 Å². The molecule has 0 N–H and O–H groups in total. The minimum absolute atomic E-state index is 0.102. The van der Waals surface area contributed by atoms with Gasteiger partial charge in [0.05, 0.1) is 23.0 Å². The number of piperidine rings is 2. The third-order valence-electron chi connectivity index (χ3n) is 6.18. The van der Waals surface area contributed by atoms with Gasteiger partial charge in [0.2, 0.25) is 10.0 Å². The zero-order valence-corrected chi connectivity index (χ0v) is 20.1. The first kappa shape index (κ1) is 24.1. The lowest BCUT2D eigenvalue weighted by atomic mass is 9.98. The molecule has 7 nitrogen and oxygen atoms in total. The zero-order chi connectivity index (χ0) is 22.6. The van der Waals surface area contributed by atoms with Gasteiger partial charge >= 0.3 is 5.97 Å². The van der Waals surface area contributed by atoms with Crippen molar-refractivity contribution < 1.29 is 22.7 Å². The highest BCUT2D eigenvalue weighted by Gasteiger charge is 2.33. The van der Waals surface area contributed by atoms with Crippen molar-refractivity contribution in [2.75, 3.05) is 39.0 Å². The van der Waals surface area contributed by atoms with Gasteiger partial charge < -0.3 is 9.64 Å². The van der Waals surface area contributed by atoms with Crippen molar-refractivity contribution in [2.45, 2.75) is 49.3 Å². The molecule has 172 valence electrons. The summed E-state index contributed by atoms with van der Waals surface area (Å²) in [6, 6.07) is 4.83. The Balaban J connectivity index is 1.78. The quantitative estimate of drug-likeness (QED) is 0.471. The molecule has 9 heteroatoms. The van der Waals surface area contributed by atoms with E-state index in [2.05, 4.69) is 6.92 Å². The molecular formula is C22H32N2O5S2. The number of ether oxygens (including phenoxy) is 1. The highest BCUT2D eigenvalue weighted by atomic mass is 32.2. The zero-order valence-electron chi connectivity index (χ0n) is 18.5. The van der Waals surface area contributed by atoms with Crippen LogP contribution >= 0.6 is 11.8 Å². The fourth-order valence-electron chi connectivity index (χ4n) is 4.14. The molecule has 3 rings (SSSR count). The lowest BCUT2D eigenvalue weighted by Crippen LogP contribution is -2.41. The summed E-state index contributed by atoms with van der Waals surface area (Å²) < 4.78 is 33.0. The summed E-state index contributed by atoms with van der Waals surface area (Å²) in [5, 5.41) is 0. The predicted octanol–water partition coefficient (Wildman–Crippen LogP) is 3.24. The average molecular weight is 469 g/mol. The number of carbonyl (C=O) groups excluding carboxylic acids is 2. The van der Waals surface area contributed by atoms with Crippen molar-refractivity contribution >= 4 is 33.7 Å². The molecule has 2 saturated heterocycles. The highest BCUT2D eigenvalue weighted by Crippen LogP contribution is 2.30. The maximum Gasteiger partial charge on any atom is 0.309 e. The van der Waals surface area contributed by atoms with Crippen LogP contribution < -0.4 is 0 Å². The molecule has 2 aliphatic heterocycles. The third kappa shape index (κ3) is 5.43. The van der Waals surface area contributed by atoms with Gasteiger partial charge in [-0.3, -0.25) is 9.59 Å². The van der Waals surface area contributed by atoms with Gasteiger partial charge in [-0.1, -0.05) is 6.92 Å². The molecule has 1 amide bonds. The Bertz CT molecular complexity index is 902. The number of thioether (sulfide) groups is 1. The maximum atomic E-state index is 13.3. The highest BCUT2D eigenvalue weighted by molar-refractivity contribution is 7.98. The van der Waals surface area contributed by atoms with Crippen LogP contribution in [0.15, 0.2) is 28.0 Å². The number of benzene rings is 1. The summed E-state index contributed by atoms with van der Waals surface area (Å²) in [4.78, 5) is 27.9. The van der Waals surface area contributed by atoms with Crippen molar-refractivity contribution in [1.29, 1.82) is 0 Å². The third-order valence-corrected chi connectivity index (χ3v) is 8.87. The second kappa shape index (κ2) is 10.4. The summed E-state index contributed by atoms with van der Waals surface area (Å²) >= 11 is 1.44. The fraction of sp³-hybridized carbons (Fsp3) is 0.636. The van der Waals surface area contributed by atoms with Gasteiger partial charge in [-0.15, -0.1) is 11.8 Å².